The van der Waals surface area contributed by atoms with E-state index in [1.54, 1.807) is 13.0 Å². The van der Waals surface area contributed by atoms with E-state index in [0.717, 1.165) is 12.8 Å². The summed E-state index contributed by atoms with van der Waals surface area (Å²) in [6.45, 7) is 2.60. The molecule has 1 atom stereocenters. The molecule has 1 saturated heterocycles. The molecule has 1 aromatic heterocycles. The maximum Gasteiger partial charge on any atom is 0.303 e. The van der Waals surface area contributed by atoms with Crippen LogP contribution in [0.25, 0.3) is 0 Å². The van der Waals surface area contributed by atoms with Crippen LogP contribution >= 0.6 is 0 Å². The molecule has 1 aliphatic rings. The minimum Gasteiger partial charge on any atom is -0.481 e. The fourth-order valence-electron chi connectivity index (χ4n) is 2.61. The summed E-state index contributed by atoms with van der Waals surface area (Å²) in [5.74, 6) is -0.314. The van der Waals surface area contributed by atoms with Gasteiger partial charge >= 0.3 is 5.97 Å². The molecule has 1 unspecified atom stereocenters. The Morgan fingerprint density at radius 3 is 2.95 bits per heavy atom. The molecule has 0 spiro atoms. The number of carbonyl (C=O) groups is 1. The lowest BCUT2D eigenvalue weighted by Gasteiger charge is -2.31. The number of hydrogen-bond acceptors (Lipinski definition) is 5. The number of rotatable bonds is 6. The zero-order chi connectivity index (χ0) is 15.5. The van der Waals surface area contributed by atoms with Crippen molar-refractivity contribution in [2.75, 3.05) is 13.1 Å². The first-order chi connectivity index (χ1) is 9.87. The van der Waals surface area contributed by atoms with Crippen LogP contribution in [0, 0.1) is 12.8 Å². The summed E-state index contributed by atoms with van der Waals surface area (Å²) in [6, 6.07) is 1.61. The number of sulfonamides is 1. The van der Waals surface area contributed by atoms with Gasteiger partial charge in [-0.3, -0.25) is 4.79 Å². The van der Waals surface area contributed by atoms with E-state index in [-0.39, 0.29) is 18.1 Å². The molecule has 21 heavy (non-hydrogen) atoms. The second kappa shape index (κ2) is 6.57. The Hall–Kier alpha value is -1.41. The van der Waals surface area contributed by atoms with Gasteiger partial charge in [0.25, 0.3) is 0 Å². The Morgan fingerprint density at radius 1 is 1.57 bits per heavy atom. The summed E-state index contributed by atoms with van der Waals surface area (Å²) in [4.78, 5) is 10.6. The van der Waals surface area contributed by atoms with Gasteiger partial charge in [-0.2, -0.15) is 0 Å². The van der Waals surface area contributed by atoms with E-state index >= 15 is 0 Å². The molecule has 1 fully saturated rings. The second-order valence-corrected chi connectivity index (χ2v) is 7.45. The number of hydrogen-bond donors (Lipinski definition) is 1. The number of piperidine rings is 1. The van der Waals surface area contributed by atoms with Gasteiger partial charge in [-0.05, 0) is 32.1 Å². The molecule has 2 rings (SSSR count). The zero-order valence-electron chi connectivity index (χ0n) is 12.0. The number of carboxylic acid groups (broad SMARTS) is 1. The summed E-state index contributed by atoms with van der Waals surface area (Å²) in [6.07, 6.45) is 2.25. The lowest BCUT2D eigenvalue weighted by atomic mass is 9.95. The standard InChI is InChI=1S/C13H20N2O5S/c1-10-7-12(14-20-10)9-21(18,19)15-6-2-3-11(8-15)4-5-13(16)17/h7,11H,2-6,8-9H2,1H3,(H,16,17). The van der Waals surface area contributed by atoms with Crippen LogP contribution in [-0.4, -0.2) is 42.0 Å². The minimum absolute atomic E-state index is 0.0844. The molecule has 0 aromatic carbocycles. The van der Waals surface area contributed by atoms with Crippen LogP contribution < -0.4 is 0 Å². The van der Waals surface area contributed by atoms with Crippen molar-refractivity contribution in [3.05, 3.63) is 17.5 Å². The molecule has 0 amide bonds. The molecule has 0 bridgehead atoms. The maximum absolute atomic E-state index is 12.4. The van der Waals surface area contributed by atoms with Crippen LogP contribution in [0.15, 0.2) is 10.6 Å². The highest BCUT2D eigenvalue weighted by atomic mass is 32.2. The van der Waals surface area contributed by atoms with Crippen LogP contribution in [0.3, 0.4) is 0 Å². The fraction of sp³-hybridized carbons (Fsp3) is 0.692. The topological polar surface area (TPSA) is 101 Å². The maximum atomic E-state index is 12.4. The average Bonchev–Trinajstić information content (AvgIpc) is 2.81. The Balaban J connectivity index is 1.97. The average molecular weight is 316 g/mol. The molecule has 0 aliphatic carbocycles. The van der Waals surface area contributed by atoms with Crippen LogP contribution in [0.2, 0.25) is 0 Å². The second-order valence-electron chi connectivity index (χ2n) is 5.48. The van der Waals surface area contributed by atoms with Gasteiger partial charge < -0.3 is 9.63 Å². The molecule has 8 heteroatoms. The van der Waals surface area contributed by atoms with Gasteiger partial charge in [0.2, 0.25) is 10.0 Å². The lowest BCUT2D eigenvalue weighted by Crippen LogP contribution is -2.40. The monoisotopic (exact) mass is 316 g/mol. The third-order valence-electron chi connectivity index (χ3n) is 3.65. The number of carboxylic acids is 1. The first-order valence-electron chi connectivity index (χ1n) is 6.98. The first kappa shape index (κ1) is 16.0. The van der Waals surface area contributed by atoms with Gasteiger partial charge in [-0.15, -0.1) is 0 Å². The Labute approximate surface area is 124 Å². The molecule has 118 valence electrons. The number of aromatic nitrogens is 1. The highest BCUT2D eigenvalue weighted by molar-refractivity contribution is 7.88. The SMILES string of the molecule is Cc1cc(CS(=O)(=O)N2CCCC(CCC(=O)O)C2)no1. The third-order valence-corrected chi connectivity index (χ3v) is 5.43. The van der Waals surface area contributed by atoms with Crippen LogP contribution in [0.4, 0.5) is 0 Å². The summed E-state index contributed by atoms with van der Waals surface area (Å²) >= 11 is 0. The highest BCUT2D eigenvalue weighted by Gasteiger charge is 2.29. The molecule has 1 aliphatic heterocycles. The molecule has 1 aromatic rings. The fourth-order valence-corrected chi connectivity index (χ4v) is 4.14. The number of nitrogens with zero attached hydrogens (tertiary/aromatic N) is 2. The van der Waals surface area contributed by atoms with Crippen molar-refractivity contribution in [3.8, 4) is 0 Å². The van der Waals surface area contributed by atoms with Crippen molar-refractivity contribution in [2.45, 2.75) is 38.4 Å². The van der Waals surface area contributed by atoms with Crippen molar-refractivity contribution >= 4 is 16.0 Å². The van der Waals surface area contributed by atoms with E-state index in [2.05, 4.69) is 5.16 Å². The summed E-state index contributed by atoms with van der Waals surface area (Å²) in [7, 11) is -3.43. The Morgan fingerprint density at radius 2 is 2.33 bits per heavy atom. The Bertz CT molecular complexity index is 595. The van der Waals surface area contributed by atoms with Crippen LogP contribution in [-0.2, 0) is 20.6 Å². The normalized spacial score (nSPS) is 20.5. The largest absolute Gasteiger partial charge is 0.481 e. The summed E-state index contributed by atoms with van der Waals surface area (Å²) < 4.78 is 31.1. The molecular weight excluding hydrogens is 296 g/mol. The molecule has 0 saturated carbocycles. The van der Waals surface area contributed by atoms with Gasteiger partial charge in [0.1, 0.15) is 17.2 Å². The molecule has 2 heterocycles. The summed E-state index contributed by atoms with van der Waals surface area (Å²) in [5, 5.41) is 12.4. The van der Waals surface area contributed by atoms with E-state index in [1.807, 2.05) is 0 Å². The van der Waals surface area contributed by atoms with Crippen LogP contribution in [0.1, 0.15) is 37.1 Å². The van der Waals surface area contributed by atoms with Gasteiger partial charge in [0.05, 0.1) is 0 Å². The number of aliphatic carboxylic acids is 1. The van der Waals surface area contributed by atoms with Crippen molar-refractivity contribution in [1.29, 1.82) is 0 Å². The van der Waals surface area contributed by atoms with E-state index in [1.165, 1.54) is 4.31 Å². The lowest BCUT2D eigenvalue weighted by molar-refractivity contribution is -0.137. The van der Waals surface area contributed by atoms with Crippen molar-refractivity contribution in [2.24, 2.45) is 5.92 Å². The smallest absolute Gasteiger partial charge is 0.303 e. The first-order valence-corrected chi connectivity index (χ1v) is 8.59. The molecule has 0 radical (unpaired) electrons. The molecule has 1 N–H and O–H groups in total. The summed E-state index contributed by atoms with van der Waals surface area (Å²) in [5.41, 5.74) is 0.403. The zero-order valence-corrected chi connectivity index (χ0v) is 12.8. The van der Waals surface area contributed by atoms with E-state index in [4.69, 9.17) is 9.63 Å². The number of aryl methyl sites for hydroxylation is 1. The third kappa shape index (κ3) is 4.53. The van der Waals surface area contributed by atoms with Crippen molar-refractivity contribution in [3.63, 3.8) is 0 Å². The molecular formula is C13H20N2O5S. The predicted molar refractivity (Wildman–Crippen MR) is 75.0 cm³/mol. The quantitative estimate of drug-likeness (QED) is 0.851. The van der Waals surface area contributed by atoms with E-state index in [0.29, 0.717) is 31.0 Å². The predicted octanol–water partition coefficient (Wildman–Crippen LogP) is 1.39. The van der Waals surface area contributed by atoms with E-state index < -0.39 is 16.0 Å². The molecule has 7 nitrogen and oxygen atoms in total. The van der Waals surface area contributed by atoms with Gasteiger partial charge in [0, 0.05) is 25.6 Å². The van der Waals surface area contributed by atoms with Crippen molar-refractivity contribution < 1.29 is 22.8 Å². The Kier molecular flexibility index (Phi) is 5.00. The van der Waals surface area contributed by atoms with Gasteiger partial charge in [-0.1, -0.05) is 5.16 Å². The highest BCUT2D eigenvalue weighted by Crippen LogP contribution is 2.24. The van der Waals surface area contributed by atoms with E-state index in [9.17, 15) is 13.2 Å². The van der Waals surface area contributed by atoms with Crippen molar-refractivity contribution in [1.82, 2.24) is 9.46 Å². The van der Waals surface area contributed by atoms with Crippen LogP contribution in [0.5, 0.6) is 0 Å². The van der Waals surface area contributed by atoms with Gasteiger partial charge in [-0.25, -0.2) is 12.7 Å². The minimum atomic E-state index is -3.43. The van der Waals surface area contributed by atoms with Gasteiger partial charge in [0.15, 0.2) is 0 Å².